The Bertz CT molecular complexity index is 362. The van der Waals surface area contributed by atoms with Crippen LogP contribution in [0.2, 0.25) is 0 Å². The second-order valence-electron chi connectivity index (χ2n) is 4.72. The molecular formula is C14H21NO. The summed E-state index contributed by atoms with van der Waals surface area (Å²) in [7, 11) is 0. The maximum Gasteiger partial charge on any atom is 0.0450 e. The Morgan fingerprint density at radius 1 is 1.38 bits per heavy atom. The number of hydrogen-bond donors (Lipinski definition) is 1. The molecule has 2 heteroatoms. The molecule has 2 nitrogen and oxygen atoms in total. The average molecular weight is 219 g/mol. The van der Waals surface area contributed by atoms with Crippen LogP contribution in [0.1, 0.15) is 30.4 Å². The Labute approximate surface area is 97.9 Å². The quantitative estimate of drug-likeness (QED) is 0.845. The zero-order chi connectivity index (χ0) is 11.5. The lowest BCUT2D eigenvalue weighted by Gasteiger charge is -2.28. The molecule has 1 atom stereocenters. The molecule has 1 unspecified atom stereocenters. The van der Waals surface area contributed by atoms with Crippen LogP contribution < -0.4 is 4.90 Å². The van der Waals surface area contributed by atoms with Gasteiger partial charge >= 0.3 is 0 Å². The van der Waals surface area contributed by atoms with E-state index in [1.165, 1.54) is 29.7 Å². The van der Waals surface area contributed by atoms with Crippen molar-refractivity contribution in [3.63, 3.8) is 0 Å². The van der Waals surface area contributed by atoms with E-state index in [4.69, 9.17) is 5.11 Å². The normalized spacial score (nSPS) is 20.4. The first kappa shape index (κ1) is 11.5. The molecule has 2 rings (SSSR count). The topological polar surface area (TPSA) is 23.5 Å². The second-order valence-corrected chi connectivity index (χ2v) is 4.72. The number of aryl methyl sites for hydroxylation is 1. The minimum atomic E-state index is 0.298. The molecule has 0 amide bonds. The summed E-state index contributed by atoms with van der Waals surface area (Å²) in [6, 6.07) is 7.03. The van der Waals surface area contributed by atoms with E-state index >= 15 is 0 Å². The molecule has 1 aliphatic rings. The summed E-state index contributed by atoms with van der Waals surface area (Å²) >= 11 is 0. The number of hydrogen-bond acceptors (Lipinski definition) is 2. The van der Waals surface area contributed by atoms with Gasteiger partial charge in [-0.1, -0.05) is 12.1 Å². The number of anilines is 1. The Balaban J connectivity index is 2.25. The van der Waals surface area contributed by atoms with Crippen LogP contribution in [0.5, 0.6) is 0 Å². The van der Waals surface area contributed by atoms with E-state index in [9.17, 15) is 0 Å². The maximum absolute atomic E-state index is 9.09. The average Bonchev–Trinajstić information content (AvgIpc) is 2.71. The molecule has 0 aromatic heterocycles. The van der Waals surface area contributed by atoms with Crippen LogP contribution in [0.3, 0.4) is 0 Å². The van der Waals surface area contributed by atoms with E-state index < -0.39 is 0 Å². The number of aliphatic hydroxyl groups is 1. The SMILES string of the molecule is Cc1cccc(N2CCCC2CCO)c1C. The van der Waals surface area contributed by atoms with Gasteiger partial charge in [-0.2, -0.15) is 0 Å². The van der Waals surface area contributed by atoms with Crippen molar-refractivity contribution in [1.29, 1.82) is 0 Å². The van der Waals surface area contributed by atoms with Gasteiger partial charge in [0.25, 0.3) is 0 Å². The summed E-state index contributed by atoms with van der Waals surface area (Å²) < 4.78 is 0. The summed E-state index contributed by atoms with van der Waals surface area (Å²) in [6.45, 7) is 5.79. The molecule has 1 N–H and O–H groups in total. The third kappa shape index (κ3) is 2.07. The molecule has 1 saturated heterocycles. The lowest BCUT2D eigenvalue weighted by Crippen LogP contribution is -2.30. The van der Waals surface area contributed by atoms with Crippen molar-refractivity contribution >= 4 is 5.69 Å². The highest BCUT2D eigenvalue weighted by molar-refractivity contribution is 5.57. The first-order valence-electron chi connectivity index (χ1n) is 6.17. The smallest absolute Gasteiger partial charge is 0.0450 e. The van der Waals surface area contributed by atoms with Crippen LogP contribution in [0.25, 0.3) is 0 Å². The third-order valence-electron chi connectivity index (χ3n) is 3.72. The van der Waals surface area contributed by atoms with E-state index in [1.54, 1.807) is 0 Å². The van der Waals surface area contributed by atoms with Crippen molar-refractivity contribution in [2.24, 2.45) is 0 Å². The Morgan fingerprint density at radius 3 is 2.94 bits per heavy atom. The monoisotopic (exact) mass is 219 g/mol. The molecule has 0 saturated carbocycles. The Morgan fingerprint density at radius 2 is 2.19 bits per heavy atom. The molecule has 1 heterocycles. The van der Waals surface area contributed by atoms with E-state index in [2.05, 4.69) is 36.9 Å². The highest BCUT2D eigenvalue weighted by atomic mass is 16.3. The van der Waals surface area contributed by atoms with E-state index in [0.717, 1.165) is 13.0 Å². The molecule has 88 valence electrons. The van der Waals surface area contributed by atoms with E-state index in [-0.39, 0.29) is 0 Å². The Kier molecular flexibility index (Phi) is 3.49. The van der Waals surface area contributed by atoms with Crippen molar-refractivity contribution in [3.8, 4) is 0 Å². The van der Waals surface area contributed by atoms with E-state index in [0.29, 0.717) is 12.6 Å². The summed E-state index contributed by atoms with van der Waals surface area (Å²) in [4.78, 5) is 2.47. The first-order valence-corrected chi connectivity index (χ1v) is 6.17. The predicted octanol–water partition coefficient (Wildman–Crippen LogP) is 2.65. The highest BCUT2D eigenvalue weighted by Crippen LogP contribution is 2.30. The minimum Gasteiger partial charge on any atom is -0.396 e. The van der Waals surface area contributed by atoms with Gasteiger partial charge in [0.2, 0.25) is 0 Å². The Hall–Kier alpha value is -1.02. The van der Waals surface area contributed by atoms with Gasteiger partial charge in [-0.25, -0.2) is 0 Å². The minimum absolute atomic E-state index is 0.298. The summed E-state index contributed by atoms with van der Waals surface area (Å²) in [5.41, 5.74) is 4.09. The molecule has 0 aliphatic carbocycles. The van der Waals surface area contributed by atoms with Crippen LogP contribution in [0.4, 0.5) is 5.69 Å². The largest absolute Gasteiger partial charge is 0.396 e. The van der Waals surface area contributed by atoms with Gasteiger partial charge < -0.3 is 10.0 Å². The van der Waals surface area contributed by atoms with Gasteiger partial charge in [0.15, 0.2) is 0 Å². The molecular weight excluding hydrogens is 198 g/mol. The number of benzene rings is 1. The van der Waals surface area contributed by atoms with Crippen LogP contribution in [-0.2, 0) is 0 Å². The molecule has 1 fully saturated rings. The van der Waals surface area contributed by atoms with E-state index in [1.807, 2.05) is 0 Å². The molecule has 0 radical (unpaired) electrons. The van der Waals surface area contributed by atoms with Crippen LogP contribution >= 0.6 is 0 Å². The second kappa shape index (κ2) is 4.88. The molecule has 0 spiro atoms. The molecule has 0 bridgehead atoms. The fourth-order valence-corrected chi connectivity index (χ4v) is 2.65. The maximum atomic E-state index is 9.09. The van der Waals surface area contributed by atoms with Crippen LogP contribution in [0, 0.1) is 13.8 Å². The van der Waals surface area contributed by atoms with Gasteiger partial charge in [0.05, 0.1) is 0 Å². The van der Waals surface area contributed by atoms with Crippen LogP contribution in [-0.4, -0.2) is 24.3 Å². The highest BCUT2D eigenvalue weighted by Gasteiger charge is 2.25. The van der Waals surface area contributed by atoms with Crippen molar-refractivity contribution in [2.75, 3.05) is 18.1 Å². The number of aliphatic hydroxyl groups excluding tert-OH is 1. The lowest BCUT2D eigenvalue weighted by atomic mass is 10.1. The third-order valence-corrected chi connectivity index (χ3v) is 3.72. The van der Waals surface area contributed by atoms with Crippen molar-refractivity contribution < 1.29 is 5.11 Å². The summed E-state index contributed by atoms with van der Waals surface area (Å²) in [5, 5.41) is 9.09. The van der Waals surface area contributed by atoms with Gasteiger partial charge in [-0.3, -0.25) is 0 Å². The van der Waals surface area contributed by atoms with Gasteiger partial charge in [-0.15, -0.1) is 0 Å². The number of nitrogens with zero attached hydrogens (tertiary/aromatic N) is 1. The van der Waals surface area contributed by atoms with Crippen molar-refractivity contribution in [3.05, 3.63) is 29.3 Å². The van der Waals surface area contributed by atoms with Gasteiger partial charge in [-0.05, 0) is 50.3 Å². The summed E-state index contributed by atoms with van der Waals surface area (Å²) in [6.07, 6.45) is 3.36. The molecule has 16 heavy (non-hydrogen) atoms. The number of rotatable bonds is 3. The van der Waals surface area contributed by atoms with Crippen molar-refractivity contribution in [1.82, 2.24) is 0 Å². The van der Waals surface area contributed by atoms with Crippen LogP contribution in [0.15, 0.2) is 18.2 Å². The van der Waals surface area contributed by atoms with Crippen molar-refractivity contribution in [2.45, 2.75) is 39.2 Å². The standard InChI is InChI=1S/C14H21NO/c1-11-5-3-7-14(12(11)2)15-9-4-6-13(15)8-10-16/h3,5,7,13,16H,4,6,8-10H2,1-2H3. The fraction of sp³-hybridized carbons (Fsp3) is 0.571. The predicted molar refractivity (Wildman–Crippen MR) is 68.0 cm³/mol. The molecule has 1 aliphatic heterocycles. The zero-order valence-corrected chi connectivity index (χ0v) is 10.2. The fourth-order valence-electron chi connectivity index (χ4n) is 2.65. The van der Waals surface area contributed by atoms with Gasteiger partial charge in [0, 0.05) is 24.9 Å². The zero-order valence-electron chi connectivity index (χ0n) is 10.2. The lowest BCUT2D eigenvalue weighted by molar-refractivity contribution is 0.276. The first-order chi connectivity index (χ1) is 7.74. The van der Waals surface area contributed by atoms with Gasteiger partial charge in [0.1, 0.15) is 0 Å². The molecule has 1 aromatic carbocycles. The molecule has 1 aromatic rings. The summed E-state index contributed by atoms with van der Waals surface area (Å²) in [5.74, 6) is 0.